The molecular weight excluding hydrogens is 394 g/mol. The molecule has 2 aromatic heterocycles. The number of aryl methyl sites for hydroxylation is 1. The minimum atomic E-state index is -0.143. The summed E-state index contributed by atoms with van der Waals surface area (Å²) in [6.45, 7) is 6.36. The van der Waals surface area contributed by atoms with Crippen molar-refractivity contribution < 1.29 is 9.53 Å². The fourth-order valence-electron chi connectivity index (χ4n) is 3.90. The highest BCUT2D eigenvalue weighted by atomic mass is 16.5. The van der Waals surface area contributed by atoms with Crippen molar-refractivity contribution in [1.82, 2.24) is 24.0 Å². The van der Waals surface area contributed by atoms with Crippen LogP contribution in [0.25, 0.3) is 16.8 Å². The molecule has 0 N–H and O–H groups in total. The summed E-state index contributed by atoms with van der Waals surface area (Å²) in [6.07, 6.45) is 4.77. The molecule has 0 aliphatic carbocycles. The van der Waals surface area contributed by atoms with Crippen LogP contribution in [0.2, 0.25) is 0 Å². The molecule has 1 amide bonds. The number of amides is 1. The highest BCUT2D eigenvalue weighted by Gasteiger charge is 2.18. The van der Waals surface area contributed by atoms with Gasteiger partial charge in [0.25, 0.3) is 5.56 Å². The van der Waals surface area contributed by atoms with Crippen LogP contribution < -0.4 is 10.3 Å². The maximum absolute atomic E-state index is 12.9. The Balaban J connectivity index is 1.47. The van der Waals surface area contributed by atoms with Gasteiger partial charge in [0.2, 0.25) is 5.91 Å². The summed E-state index contributed by atoms with van der Waals surface area (Å²) in [6, 6.07) is 9.45. The van der Waals surface area contributed by atoms with E-state index in [-0.39, 0.29) is 11.5 Å². The van der Waals surface area contributed by atoms with Crippen LogP contribution in [0.4, 0.5) is 0 Å². The Morgan fingerprint density at radius 3 is 2.68 bits per heavy atom. The van der Waals surface area contributed by atoms with Crippen LogP contribution in [0.15, 0.2) is 47.5 Å². The third-order valence-corrected chi connectivity index (χ3v) is 5.70. The van der Waals surface area contributed by atoms with Gasteiger partial charge in [-0.15, -0.1) is 0 Å². The van der Waals surface area contributed by atoms with E-state index in [4.69, 9.17) is 4.74 Å². The van der Waals surface area contributed by atoms with Crippen LogP contribution in [0.5, 0.6) is 5.75 Å². The number of fused-ring (bicyclic) bond motifs is 1. The van der Waals surface area contributed by atoms with E-state index >= 15 is 0 Å². The molecule has 1 aromatic carbocycles. The predicted octanol–water partition coefficient (Wildman–Crippen LogP) is 2.12. The van der Waals surface area contributed by atoms with Crippen LogP contribution in [0, 0.1) is 0 Å². The average molecular weight is 424 g/mol. The molecule has 1 saturated heterocycles. The van der Waals surface area contributed by atoms with Gasteiger partial charge in [-0.25, -0.2) is 4.52 Å². The first-order valence-electron chi connectivity index (χ1n) is 10.8. The largest absolute Gasteiger partial charge is 0.494 e. The first-order valence-corrected chi connectivity index (χ1v) is 10.8. The van der Waals surface area contributed by atoms with Crippen molar-refractivity contribution in [2.24, 2.45) is 0 Å². The van der Waals surface area contributed by atoms with Gasteiger partial charge in [0.05, 0.1) is 12.3 Å². The Hall–Kier alpha value is -3.13. The molecule has 0 bridgehead atoms. The first-order chi connectivity index (χ1) is 15.0. The third kappa shape index (κ3) is 4.80. The monoisotopic (exact) mass is 423 g/mol. The number of nitrogens with zero attached hydrogens (tertiary/aromatic N) is 5. The number of hydrogen-bond acceptors (Lipinski definition) is 5. The van der Waals surface area contributed by atoms with Gasteiger partial charge < -0.3 is 19.1 Å². The average Bonchev–Trinajstić information content (AvgIpc) is 3.09. The van der Waals surface area contributed by atoms with Gasteiger partial charge in [0.1, 0.15) is 11.3 Å². The molecule has 8 heteroatoms. The Morgan fingerprint density at radius 1 is 1.10 bits per heavy atom. The highest BCUT2D eigenvalue weighted by molar-refractivity contribution is 5.76. The van der Waals surface area contributed by atoms with Crippen molar-refractivity contribution in [3.63, 3.8) is 0 Å². The topological polar surface area (TPSA) is 72.1 Å². The van der Waals surface area contributed by atoms with Gasteiger partial charge in [0, 0.05) is 50.6 Å². The van der Waals surface area contributed by atoms with Gasteiger partial charge in [-0.1, -0.05) is 0 Å². The Morgan fingerprint density at radius 2 is 1.90 bits per heavy atom. The summed E-state index contributed by atoms with van der Waals surface area (Å²) in [5.74, 6) is 0.906. The smallest absolute Gasteiger partial charge is 0.276 e. The fraction of sp³-hybridized carbons (Fsp3) is 0.435. The SMILES string of the molecule is CCOc1ccc(-c2cc3c(=O)n(CCC(=O)N4CCCN(C)CC4)ccn3n2)cc1. The maximum Gasteiger partial charge on any atom is 0.276 e. The maximum atomic E-state index is 12.9. The lowest BCUT2D eigenvalue weighted by atomic mass is 10.1. The number of rotatable bonds is 6. The molecule has 0 unspecified atom stereocenters. The molecule has 1 fully saturated rings. The van der Waals surface area contributed by atoms with Crippen LogP contribution >= 0.6 is 0 Å². The second kappa shape index (κ2) is 9.34. The zero-order chi connectivity index (χ0) is 21.8. The normalized spacial score (nSPS) is 15.2. The molecule has 1 aliphatic rings. The second-order valence-electron chi connectivity index (χ2n) is 7.90. The Bertz CT molecular complexity index is 1100. The minimum absolute atomic E-state index is 0.102. The van der Waals surface area contributed by atoms with E-state index in [2.05, 4.69) is 17.0 Å². The minimum Gasteiger partial charge on any atom is -0.494 e. The molecule has 0 saturated carbocycles. The van der Waals surface area contributed by atoms with Crippen molar-refractivity contribution >= 4 is 11.4 Å². The summed E-state index contributed by atoms with van der Waals surface area (Å²) < 4.78 is 8.67. The van der Waals surface area contributed by atoms with E-state index in [1.807, 2.05) is 36.1 Å². The molecule has 0 radical (unpaired) electrons. The van der Waals surface area contributed by atoms with Crippen LogP contribution in [-0.2, 0) is 11.3 Å². The summed E-state index contributed by atoms with van der Waals surface area (Å²) in [4.78, 5) is 29.7. The number of ether oxygens (including phenoxy) is 1. The third-order valence-electron chi connectivity index (χ3n) is 5.70. The van der Waals surface area contributed by atoms with E-state index < -0.39 is 0 Å². The fourth-order valence-corrected chi connectivity index (χ4v) is 3.90. The molecule has 0 spiro atoms. The van der Waals surface area contributed by atoms with Crippen LogP contribution in [0.3, 0.4) is 0 Å². The molecule has 164 valence electrons. The molecular formula is C23H29N5O3. The van der Waals surface area contributed by atoms with Crippen molar-refractivity contribution in [3.05, 3.63) is 53.1 Å². The first kappa shape index (κ1) is 21.1. The summed E-state index contributed by atoms with van der Waals surface area (Å²) in [7, 11) is 2.08. The number of carbonyl (C=O) groups is 1. The zero-order valence-electron chi connectivity index (χ0n) is 18.2. The quantitative estimate of drug-likeness (QED) is 0.607. The summed E-state index contributed by atoms with van der Waals surface area (Å²) in [5, 5.41) is 4.53. The Kier molecular flexibility index (Phi) is 6.36. The standard InChI is InChI=1S/C23H29N5O3/c1-3-31-19-7-5-18(6-8-19)20-17-21-23(30)27(15-16-28(21)24-20)12-9-22(29)26-11-4-10-25(2)13-14-26/h5-8,15-17H,3-4,9-14H2,1-2H3. The molecule has 0 atom stereocenters. The summed E-state index contributed by atoms with van der Waals surface area (Å²) >= 11 is 0. The number of likely N-dealkylation sites (N-methyl/N-ethyl adjacent to an activating group) is 1. The van der Waals surface area contributed by atoms with Crippen molar-refractivity contribution in [1.29, 1.82) is 0 Å². The molecule has 4 rings (SSSR count). The van der Waals surface area contributed by atoms with E-state index in [0.29, 0.717) is 25.1 Å². The van der Waals surface area contributed by atoms with E-state index in [1.54, 1.807) is 27.5 Å². The lowest BCUT2D eigenvalue weighted by Gasteiger charge is -2.20. The number of benzene rings is 1. The lowest BCUT2D eigenvalue weighted by Crippen LogP contribution is -2.35. The number of carbonyl (C=O) groups excluding carboxylic acids is 1. The molecule has 8 nitrogen and oxygen atoms in total. The van der Waals surface area contributed by atoms with Crippen LogP contribution in [-0.4, -0.2) is 69.7 Å². The van der Waals surface area contributed by atoms with Gasteiger partial charge >= 0.3 is 0 Å². The lowest BCUT2D eigenvalue weighted by molar-refractivity contribution is -0.131. The highest BCUT2D eigenvalue weighted by Crippen LogP contribution is 2.22. The predicted molar refractivity (Wildman–Crippen MR) is 119 cm³/mol. The van der Waals surface area contributed by atoms with Gasteiger partial charge in [-0.3, -0.25) is 9.59 Å². The van der Waals surface area contributed by atoms with Gasteiger partial charge in [-0.05, 0) is 57.3 Å². The van der Waals surface area contributed by atoms with E-state index in [1.165, 1.54) is 0 Å². The van der Waals surface area contributed by atoms with Crippen molar-refractivity contribution in [2.75, 3.05) is 39.8 Å². The number of aromatic nitrogens is 3. The van der Waals surface area contributed by atoms with Gasteiger partial charge in [0.15, 0.2) is 0 Å². The molecule has 3 aromatic rings. The summed E-state index contributed by atoms with van der Waals surface area (Å²) in [5.41, 5.74) is 1.99. The molecule has 3 heterocycles. The van der Waals surface area contributed by atoms with Crippen LogP contribution in [0.1, 0.15) is 19.8 Å². The van der Waals surface area contributed by atoms with Crippen molar-refractivity contribution in [3.8, 4) is 17.0 Å². The zero-order valence-corrected chi connectivity index (χ0v) is 18.2. The van der Waals surface area contributed by atoms with E-state index in [9.17, 15) is 9.59 Å². The molecule has 1 aliphatic heterocycles. The second-order valence-corrected chi connectivity index (χ2v) is 7.90. The van der Waals surface area contributed by atoms with Crippen molar-refractivity contribution in [2.45, 2.75) is 26.3 Å². The molecule has 31 heavy (non-hydrogen) atoms. The van der Waals surface area contributed by atoms with E-state index in [0.717, 1.165) is 49.6 Å². The number of hydrogen-bond donors (Lipinski definition) is 0. The van der Waals surface area contributed by atoms with Gasteiger partial charge in [-0.2, -0.15) is 5.10 Å². The Labute approximate surface area is 181 Å².